The second-order valence-electron chi connectivity index (χ2n) is 8.06. The highest BCUT2D eigenvalue weighted by atomic mass is 32.2. The topological polar surface area (TPSA) is 96.6 Å². The van der Waals surface area contributed by atoms with Crippen LogP contribution in [-0.4, -0.2) is 47.3 Å². The largest absolute Gasteiger partial charge is 0.497 e. The summed E-state index contributed by atoms with van der Waals surface area (Å²) in [6.07, 6.45) is 2.43. The van der Waals surface area contributed by atoms with Crippen molar-refractivity contribution in [1.82, 2.24) is 5.01 Å². The summed E-state index contributed by atoms with van der Waals surface area (Å²) in [5.74, 6) is 2.16. The number of thioether (sulfide) groups is 1. The first kappa shape index (κ1) is 23.6. The molecule has 2 aliphatic rings. The first-order valence-corrected chi connectivity index (χ1v) is 11.7. The van der Waals surface area contributed by atoms with Gasteiger partial charge < -0.3 is 14.2 Å². The molecule has 0 radical (unpaired) electrons. The van der Waals surface area contributed by atoms with E-state index in [1.807, 2.05) is 48.5 Å². The lowest BCUT2D eigenvalue weighted by atomic mass is 10.1. The van der Waals surface area contributed by atoms with Gasteiger partial charge in [-0.1, -0.05) is 26.0 Å². The minimum atomic E-state index is -0.441. The fourth-order valence-corrected chi connectivity index (χ4v) is 4.41. The number of carbonyl (C=O) groups is 1. The van der Waals surface area contributed by atoms with Gasteiger partial charge in [0, 0.05) is 6.42 Å². The molecule has 0 aromatic heterocycles. The van der Waals surface area contributed by atoms with Gasteiger partial charge in [0.2, 0.25) is 5.17 Å². The summed E-state index contributed by atoms with van der Waals surface area (Å²) < 4.78 is 16.6. The highest BCUT2D eigenvalue weighted by Crippen LogP contribution is 2.30. The van der Waals surface area contributed by atoms with Crippen LogP contribution in [0.4, 0.5) is 0 Å². The summed E-state index contributed by atoms with van der Waals surface area (Å²) in [5.41, 5.74) is 0.928. The highest BCUT2D eigenvalue weighted by molar-refractivity contribution is 8.26. The third kappa shape index (κ3) is 5.66. The number of nitrogens with zero attached hydrogens (tertiary/aromatic N) is 3. The van der Waals surface area contributed by atoms with Crippen molar-refractivity contribution in [1.29, 1.82) is 5.41 Å². The van der Waals surface area contributed by atoms with Crippen molar-refractivity contribution >= 4 is 39.8 Å². The number of hydrogen-bond acceptors (Lipinski definition) is 7. The number of amides is 1. The van der Waals surface area contributed by atoms with Crippen molar-refractivity contribution < 1.29 is 19.0 Å². The molecule has 176 valence electrons. The Bertz CT molecular complexity index is 1170. The van der Waals surface area contributed by atoms with Gasteiger partial charge in [0.15, 0.2) is 5.84 Å². The van der Waals surface area contributed by atoms with Crippen LogP contribution >= 0.6 is 11.8 Å². The fraction of sp³-hybridized carbons (Fsp3) is 0.280. The SMILES string of the molecule is COc1ccc(OCCOc2cccc(/C=C3\C(=N)N4N=C(CC(C)C)SC4=NC3=O)c2)cc1. The van der Waals surface area contributed by atoms with E-state index in [0.717, 1.165) is 28.5 Å². The van der Waals surface area contributed by atoms with Crippen molar-refractivity contribution in [2.45, 2.75) is 20.3 Å². The van der Waals surface area contributed by atoms with Gasteiger partial charge in [-0.3, -0.25) is 10.2 Å². The summed E-state index contributed by atoms with van der Waals surface area (Å²) in [7, 11) is 1.62. The normalized spacial score (nSPS) is 16.5. The number of aliphatic imine (C=N–C) groups is 1. The Balaban J connectivity index is 1.38. The van der Waals surface area contributed by atoms with Gasteiger partial charge in [-0.05, 0) is 65.7 Å². The van der Waals surface area contributed by atoms with Gasteiger partial charge in [-0.25, -0.2) is 0 Å². The van der Waals surface area contributed by atoms with Crippen molar-refractivity contribution in [2.24, 2.45) is 16.0 Å². The molecular weight excluding hydrogens is 452 g/mol. The van der Waals surface area contributed by atoms with Crippen LogP contribution in [0.5, 0.6) is 17.2 Å². The zero-order valence-corrected chi connectivity index (χ0v) is 20.1. The van der Waals surface area contributed by atoms with Crippen LogP contribution in [0.25, 0.3) is 6.08 Å². The Kier molecular flexibility index (Phi) is 7.32. The Morgan fingerprint density at radius 2 is 1.76 bits per heavy atom. The number of hydrogen-bond donors (Lipinski definition) is 1. The lowest BCUT2D eigenvalue weighted by Crippen LogP contribution is -2.35. The molecule has 1 N–H and O–H groups in total. The second-order valence-corrected chi connectivity index (χ2v) is 9.10. The summed E-state index contributed by atoms with van der Waals surface area (Å²) in [6, 6.07) is 14.7. The van der Waals surface area contributed by atoms with E-state index >= 15 is 0 Å². The number of hydrazone groups is 1. The van der Waals surface area contributed by atoms with E-state index in [-0.39, 0.29) is 11.4 Å². The molecule has 0 fully saturated rings. The Morgan fingerprint density at radius 1 is 1.06 bits per heavy atom. The Morgan fingerprint density at radius 3 is 2.47 bits per heavy atom. The maximum atomic E-state index is 12.6. The molecule has 0 atom stereocenters. The maximum absolute atomic E-state index is 12.6. The third-order valence-corrected chi connectivity index (χ3v) is 5.86. The smallest absolute Gasteiger partial charge is 0.283 e. The maximum Gasteiger partial charge on any atom is 0.283 e. The van der Waals surface area contributed by atoms with Crippen molar-refractivity contribution in [3.05, 3.63) is 59.7 Å². The fourth-order valence-electron chi connectivity index (χ4n) is 3.32. The molecule has 8 nitrogen and oxygen atoms in total. The number of ether oxygens (including phenoxy) is 3. The Labute approximate surface area is 202 Å². The van der Waals surface area contributed by atoms with Gasteiger partial charge in [0.25, 0.3) is 5.91 Å². The number of carbonyl (C=O) groups excluding carboxylic acids is 1. The van der Waals surface area contributed by atoms with Crippen molar-refractivity contribution in [3.63, 3.8) is 0 Å². The number of methoxy groups -OCH3 is 1. The van der Waals surface area contributed by atoms with Crippen LogP contribution in [-0.2, 0) is 4.79 Å². The zero-order valence-electron chi connectivity index (χ0n) is 19.3. The molecule has 4 rings (SSSR count). The van der Waals surface area contributed by atoms with E-state index in [1.54, 1.807) is 13.2 Å². The predicted octanol–water partition coefficient (Wildman–Crippen LogP) is 4.82. The molecule has 2 aromatic rings. The highest BCUT2D eigenvalue weighted by Gasteiger charge is 2.35. The first-order chi connectivity index (χ1) is 16.4. The molecular formula is C25H26N4O4S. The molecule has 2 aromatic carbocycles. The van der Waals surface area contributed by atoms with Gasteiger partial charge in [0.05, 0.1) is 12.7 Å². The Hall–Kier alpha value is -3.59. The van der Waals surface area contributed by atoms with Gasteiger partial charge in [-0.2, -0.15) is 15.1 Å². The van der Waals surface area contributed by atoms with E-state index in [1.165, 1.54) is 16.8 Å². The molecule has 0 unspecified atom stereocenters. The van der Waals surface area contributed by atoms with Crippen LogP contribution in [0, 0.1) is 11.3 Å². The van der Waals surface area contributed by atoms with Crippen LogP contribution in [0.1, 0.15) is 25.8 Å². The van der Waals surface area contributed by atoms with Crippen LogP contribution in [0.15, 0.2) is 64.2 Å². The molecule has 2 heterocycles. The summed E-state index contributed by atoms with van der Waals surface area (Å²) in [4.78, 5) is 16.7. The minimum absolute atomic E-state index is 0.0282. The standard InChI is InChI=1S/C25H26N4O4S/c1-16(2)13-22-28-29-23(26)21(24(30)27-25(29)34-22)15-17-5-4-6-20(14-17)33-12-11-32-19-9-7-18(31-3)8-10-19/h4-10,14-16,26H,11-13H2,1-3H3/b21-15+,26-23?. The average molecular weight is 479 g/mol. The number of amidine groups is 2. The van der Waals surface area contributed by atoms with Crippen molar-refractivity contribution in [3.8, 4) is 17.2 Å². The molecule has 34 heavy (non-hydrogen) atoms. The summed E-state index contributed by atoms with van der Waals surface area (Å²) >= 11 is 1.35. The molecule has 0 saturated carbocycles. The molecule has 0 aliphatic carbocycles. The van der Waals surface area contributed by atoms with E-state index in [0.29, 0.717) is 30.0 Å². The molecule has 2 aliphatic heterocycles. The quantitative estimate of drug-likeness (QED) is 0.410. The monoisotopic (exact) mass is 478 g/mol. The first-order valence-electron chi connectivity index (χ1n) is 10.9. The third-order valence-electron chi connectivity index (χ3n) is 4.93. The van der Waals surface area contributed by atoms with Crippen LogP contribution in [0.2, 0.25) is 0 Å². The van der Waals surface area contributed by atoms with Crippen LogP contribution in [0.3, 0.4) is 0 Å². The predicted molar refractivity (Wildman–Crippen MR) is 135 cm³/mol. The molecule has 1 amide bonds. The molecule has 0 saturated heterocycles. The van der Waals surface area contributed by atoms with E-state index in [9.17, 15) is 4.79 Å². The van der Waals surface area contributed by atoms with Gasteiger partial charge >= 0.3 is 0 Å². The van der Waals surface area contributed by atoms with E-state index in [2.05, 4.69) is 23.9 Å². The second kappa shape index (κ2) is 10.6. The molecule has 0 bridgehead atoms. The van der Waals surface area contributed by atoms with E-state index in [4.69, 9.17) is 19.6 Å². The number of rotatable bonds is 9. The number of benzene rings is 2. The number of nitrogens with one attached hydrogen (secondary N) is 1. The van der Waals surface area contributed by atoms with Gasteiger partial charge in [-0.15, -0.1) is 0 Å². The van der Waals surface area contributed by atoms with Gasteiger partial charge in [0.1, 0.15) is 35.5 Å². The molecule has 9 heteroatoms. The van der Waals surface area contributed by atoms with Crippen LogP contribution < -0.4 is 14.2 Å². The lowest BCUT2D eigenvalue weighted by molar-refractivity contribution is -0.114. The van der Waals surface area contributed by atoms with Crippen molar-refractivity contribution in [2.75, 3.05) is 20.3 Å². The summed E-state index contributed by atoms with van der Waals surface area (Å²) in [5, 5.41) is 15.7. The zero-order chi connectivity index (χ0) is 24.1. The number of fused-ring (bicyclic) bond motifs is 1. The van der Waals surface area contributed by atoms with E-state index < -0.39 is 5.91 Å². The minimum Gasteiger partial charge on any atom is -0.497 e. The lowest BCUT2D eigenvalue weighted by Gasteiger charge is -2.20. The summed E-state index contributed by atoms with van der Waals surface area (Å²) in [6.45, 7) is 4.93. The molecule has 0 spiro atoms. The average Bonchev–Trinajstić information content (AvgIpc) is 3.22.